The topological polar surface area (TPSA) is 101 Å². The molecule has 0 aromatic heterocycles. The Morgan fingerprint density at radius 2 is 1.55 bits per heavy atom. The highest BCUT2D eigenvalue weighted by Gasteiger charge is 2.59. The van der Waals surface area contributed by atoms with Gasteiger partial charge in [-0.1, -0.05) is 42.5 Å². The van der Waals surface area contributed by atoms with Crippen LogP contribution in [0.2, 0.25) is 0 Å². The summed E-state index contributed by atoms with van der Waals surface area (Å²) in [6.07, 6.45) is -3.36. The van der Waals surface area contributed by atoms with Gasteiger partial charge in [-0.2, -0.15) is 0 Å². The van der Waals surface area contributed by atoms with E-state index in [1.807, 2.05) is 30.3 Å². The summed E-state index contributed by atoms with van der Waals surface area (Å²) in [6, 6.07) is 21.5. The number of methoxy groups -OCH3 is 1. The molecule has 9 heteroatoms. The van der Waals surface area contributed by atoms with E-state index in [0.717, 1.165) is 10.5 Å². The molecule has 6 rings (SSSR count). The van der Waals surface area contributed by atoms with Crippen LogP contribution >= 0.6 is 0 Å². The molecule has 9 nitrogen and oxygen atoms in total. The lowest BCUT2D eigenvalue weighted by atomic mass is 9.96. The summed E-state index contributed by atoms with van der Waals surface area (Å²) in [6.45, 7) is 0.377. The second-order valence-electron chi connectivity index (χ2n) is 9.25. The summed E-state index contributed by atoms with van der Waals surface area (Å²) in [7, 11) is 1.53. The van der Waals surface area contributed by atoms with E-state index in [-0.39, 0.29) is 29.9 Å². The number of amides is 2. The third kappa shape index (κ3) is 4.24. The highest BCUT2D eigenvalue weighted by molar-refractivity contribution is 6.21. The number of imide groups is 1. The Kier molecular flexibility index (Phi) is 6.40. The van der Waals surface area contributed by atoms with Crippen molar-refractivity contribution in [1.29, 1.82) is 0 Å². The second kappa shape index (κ2) is 10.0. The standard InChI is InChI=1S/C29H25NO8/c1-34-19-13-11-18(12-14-19)28(33)38-25-23(30-26(31)20-9-5-6-10-21(20)27(30)32)29-36-16-22(37-29)24(25)35-15-17-7-3-2-4-8-17/h2-14,22-25,29H,15-16H2,1H3/t22-,23-,24-,25-,29-/m1/s1. The molecule has 2 fully saturated rings. The van der Waals surface area contributed by atoms with Crippen LogP contribution in [0, 0.1) is 0 Å². The molecule has 0 radical (unpaired) electrons. The van der Waals surface area contributed by atoms with E-state index in [9.17, 15) is 14.4 Å². The first kappa shape index (κ1) is 24.3. The van der Waals surface area contributed by atoms with Gasteiger partial charge in [-0.05, 0) is 42.0 Å². The predicted molar refractivity (Wildman–Crippen MR) is 133 cm³/mol. The molecule has 0 spiro atoms. The fourth-order valence-electron chi connectivity index (χ4n) is 5.12. The number of rotatable bonds is 7. The summed E-state index contributed by atoms with van der Waals surface area (Å²) in [4.78, 5) is 41.3. The molecular weight excluding hydrogens is 490 g/mol. The third-order valence-electron chi connectivity index (χ3n) is 7.02. The number of carbonyl (C=O) groups is 3. The molecule has 2 saturated heterocycles. The van der Waals surface area contributed by atoms with E-state index in [2.05, 4.69) is 0 Å². The number of carbonyl (C=O) groups excluding carboxylic acids is 3. The number of fused-ring (bicyclic) bond motifs is 3. The smallest absolute Gasteiger partial charge is 0.338 e. The van der Waals surface area contributed by atoms with Crippen LogP contribution in [0.5, 0.6) is 5.75 Å². The fraction of sp³-hybridized carbons (Fsp3) is 0.276. The van der Waals surface area contributed by atoms with Crippen molar-refractivity contribution in [2.75, 3.05) is 13.7 Å². The molecule has 0 N–H and O–H groups in total. The molecule has 3 aliphatic rings. The minimum absolute atomic E-state index is 0.167. The molecule has 2 amide bonds. The van der Waals surface area contributed by atoms with Gasteiger partial charge in [-0.3, -0.25) is 14.5 Å². The van der Waals surface area contributed by atoms with Crippen LogP contribution in [0.15, 0.2) is 78.9 Å². The summed E-state index contributed by atoms with van der Waals surface area (Å²) in [5.41, 5.74) is 1.75. The molecule has 3 aliphatic heterocycles. The zero-order valence-corrected chi connectivity index (χ0v) is 20.5. The molecule has 5 atom stereocenters. The van der Waals surface area contributed by atoms with Gasteiger partial charge in [0.15, 0.2) is 12.4 Å². The van der Waals surface area contributed by atoms with Gasteiger partial charge in [0.05, 0.1) is 37.0 Å². The summed E-state index contributed by atoms with van der Waals surface area (Å²) < 4.78 is 29.4. The average molecular weight is 516 g/mol. The maximum Gasteiger partial charge on any atom is 0.338 e. The monoisotopic (exact) mass is 515 g/mol. The molecule has 3 aromatic carbocycles. The zero-order valence-electron chi connectivity index (χ0n) is 20.5. The minimum atomic E-state index is -1.05. The number of hydrogen-bond donors (Lipinski definition) is 0. The van der Waals surface area contributed by atoms with Crippen molar-refractivity contribution in [1.82, 2.24) is 4.90 Å². The predicted octanol–water partition coefficient (Wildman–Crippen LogP) is 3.23. The summed E-state index contributed by atoms with van der Waals surface area (Å²) in [5.74, 6) is -1.04. The first-order valence-corrected chi connectivity index (χ1v) is 12.3. The van der Waals surface area contributed by atoms with Crippen molar-refractivity contribution >= 4 is 17.8 Å². The fourth-order valence-corrected chi connectivity index (χ4v) is 5.12. The Bertz CT molecular complexity index is 1320. The molecule has 194 valence electrons. The lowest BCUT2D eigenvalue weighted by Crippen LogP contribution is -2.63. The SMILES string of the molecule is COc1ccc(C(=O)O[C@H]2[C@H](OCc3ccccc3)[C@H]3CO[C@H](O3)[C@@H]2N2C(=O)c3ccccc3C2=O)cc1. The molecular formula is C29H25NO8. The molecule has 0 saturated carbocycles. The van der Waals surface area contributed by atoms with E-state index in [1.54, 1.807) is 48.5 Å². The van der Waals surface area contributed by atoms with Crippen LogP contribution in [0.1, 0.15) is 36.6 Å². The Labute approximate surface area is 218 Å². The van der Waals surface area contributed by atoms with Crippen molar-refractivity contribution in [3.8, 4) is 5.75 Å². The lowest BCUT2D eigenvalue weighted by Gasteiger charge is -2.43. The van der Waals surface area contributed by atoms with E-state index in [0.29, 0.717) is 5.75 Å². The van der Waals surface area contributed by atoms with Crippen LogP contribution in [0.25, 0.3) is 0 Å². The van der Waals surface area contributed by atoms with E-state index < -0.39 is 48.4 Å². The lowest BCUT2D eigenvalue weighted by molar-refractivity contribution is -0.213. The first-order chi connectivity index (χ1) is 18.5. The van der Waals surface area contributed by atoms with Gasteiger partial charge >= 0.3 is 5.97 Å². The molecule has 3 heterocycles. The largest absolute Gasteiger partial charge is 0.497 e. The average Bonchev–Trinajstić information content (AvgIpc) is 3.49. The van der Waals surface area contributed by atoms with Gasteiger partial charge in [-0.15, -0.1) is 0 Å². The van der Waals surface area contributed by atoms with E-state index in [4.69, 9.17) is 23.7 Å². The van der Waals surface area contributed by atoms with Crippen LogP contribution in [-0.2, 0) is 25.6 Å². The highest BCUT2D eigenvalue weighted by atomic mass is 16.7. The number of nitrogens with zero attached hydrogens (tertiary/aromatic N) is 1. The first-order valence-electron chi connectivity index (χ1n) is 12.3. The van der Waals surface area contributed by atoms with Gasteiger partial charge in [0.1, 0.15) is 24.0 Å². The van der Waals surface area contributed by atoms with Crippen molar-refractivity contribution in [2.24, 2.45) is 0 Å². The maximum absolute atomic E-state index is 13.4. The molecule has 0 unspecified atom stereocenters. The molecule has 3 aromatic rings. The van der Waals surface area contributed by atoms with E-state index in [1.165, 1.54) is 7.11 Å². The van der Waals surface area contributed by atoms with Crippen LogP contribution in [0.3, 0.4) is 0 Å². The van der Waals surface area contributed by atoms with Gasteiger partial charge in [-0.25, -0.2) is 4.79 Å². The molecule has 2 bridgehead atoms. The Morgan fingerprint density at radius 3 is 2.21 bits per heavy atom. The minimum Gasteiger partial charge on any atom is -0.497 e. The number of benzene rings is 3. The quantitative estimate of drug-likeness (QED) is 0.349. The van der Waals surface area contributed by atoms with Crippen LogP contribution < -0.4 is 4.74 Å². The number of hydrogen-bond acceptors (Lipinski definition) is 8. The Morgan fingerprint density at radius 1 is 0.895 bits per heavy atom. The molecule has 38 heavy (non-hydrogen) atoms. The number of esters is 1. The third-order valence-corrected chi connectivity index (χ3v) is 7.02. The van der Waals surface area contributed by atoms with Crippen molar-refractivity contribution in [3.05, 3.63) is 101 Å². The zero-order chi connectivity index (χ0) is 26.2. The second-order valence-corrected chi connectivity index (χ2v) is 9.25. The van der Waals surface area contributed by atoms with E-state index >= 15 is 0 Å². The maximum atomic E-state index is 13.4. The van der Waals surface area contributed by atoms with Gasteiger partial charge in [0, 0.05) is 0 Å². The van der Waals surface area contributed by atoms with Crippen LogP contribution in [-0.4, -0.2) is 67.0 Å². The molecule has 0 aliphatic carbocycles. The van der Waals surface area contributed by atoms with Crippen molar-refractivity contribution in [2.45, 2.75) is 37.3 Å². The normalized spacial score (nSPS) is 25.8. The highest BCUT2D eigenvalue weighted by Crippen LogP contribution is 2.38. The summed E-state index contributed by atoms with van der Waals surface area (Å²) in [5, 5.41) is 0. The van der Waals surface area contributed by atoms with Gasteiger partial charge in [0.2, 0.25) is 0 Å². The Balaban J connectivity index is 1.35. The number of ether oxygens (including phenoxy) is 5. The van der Waals surface area contributed by atoms with Crippen LogP contribution in [0.4, 0.5) is 0 Å². The van der Waals surface area contributed by atoms with Gasteiger partial charge in [0.25, 0.3) is 11.8 Å². The van der Waals surface area contributed by atoms with Gasteiger partial charge < -0.3 is 23.7 Å². The Hall–Kier alpha value is -4.05. The van der Waals surface area contributed by atoms with Crippen molar-refractivity contribution < 1.29 is 38.1 Å². The van der Waals surface area contributed by atoms with Crippen molar-refractivity contribution in [3.63, 3.8) is 0 Å². The summed E-state index contributed by atoms with van der Waals surface area (Å²) >= 11 is 0.